The summed E-state index contributed by atoms with van der Waals surface area (Å²) >= 11 is 5.90. The minimum atomic E-state index is -4.81. The van der Waals surface area contributed by atoms with Crippen LogP contribution in [-0.4, -0.2) is 41.2 Å². The number of amidine groups is 1. The minimum absolute atomic E-state index is 0.0151. The Morgan fingerprint density at radius 3 is 2.77 bits per heavy atom. The molecular weight excluding hydrogens is 427 g/mol. The summed E-state index contributed by atoms with van der Waals surface area (Å²) in [6.45, 7) is 0.201. The van der Waals surface area contributed by atoms with Crippen molar-refractivity contribution in [2.75, 3.05) is 18.5 Å². The van der Waals surface area contributed by atoms with Crippen LogP contribution in [0, 0.1) is 5.92 Å². The number of hydrogen-bond donors (Lipinski definition) is 2. The maximum Gasteiger partial charge on any atom is 0.573 e. The zero-order chi connectivity index (χ0) is 21.7. The van der Waals surface area contributed by atoms with Gasteiger partial charge in [0.25, 0.3) is 0 Å². The van der Waals surface area contributed by atoms with E-state index < -0.39 is 12.1 Å². The van der Waals surface area contributed by atoms with Gasteiger partial charge in [-0.1, -0.05) is 11.6 Å². The van der Waals surface area contributed by atoms with Crippen molar-refractivity contribution in [2.24, 2.45) is 16.6 Å². The first kappa shape index (κ1) is 21.6. The number of anilines is 1. The Balaban J connectivity index is 1.52. The second-order valence-electron chi connectivity index (χ2n) is 6.28. The molecule has 0 saturated heterocycles. The number of nitrogens with two attached hydrogens (primary N) is 1. The number of carbonyl (C=O) groups excluding carboxylic acids is 1. The first-order chi connectivity index (χ1) is 14.2. The van der Waals surface area contributed by atoms with E-state index in [0.717, 1.165) is 25.0 Å². The molecule has 1 aromatic carbocycles. The van der Waals surface area contributed by atoms with E-state index in [1.54, 1.807) is 6.07 Å². The molecule has 0 spiro atoms. The molecule has 1 aliphatic rings. The smallest absolute Gasteiger partial charge is 0.490 e. The lowest BCUT2D eigenvalue weighted by Crippen LogP contribution is -2.20. The van der Waals surface area contributed by atoms with Crippen LogP contribution in [0.4, 0.5) is 19.1 Å². The molecule has 1 heterocycles. The van der Waals surface area contributed by atoms with E-state index in [2.05, 4.69) is 25.0 Å². The number of aliphatic imine (C=N–C) groups is 1. The largest absolute Gasteiger partial charge is 0.573 e. The van der Waals surface area contributed by atoms with Gasteiger partial charge in [0.15, 0.2) is 0 Å². The first-order valence-electron chi connectivity index (χ1n) is 8.83. The van der Waals surface area contributed by atoms with Gasteiger partial charge in [0.1, 0.15) is 29.6 Å². The highest BCUT2D eigenvalue weighted by Gasteiger charge is 2.31. The van der Waals surface area contributed by atoms with E-state index in [1.807, 2.05) is 0 Å². The lowest BCUT2D eigenvalue weighted by molar-refractivity contribution is -0.274. The third kappa shape index (κ3) is 6.48. The first-order valence-corrected chi connectivity index (χ1v) is 9.21. The lowest BCUT2D eigenvalue weighted by atomic mass is 10.3. The molecule has 0 aliphatic heterocycles. The third-order valence-corrected chi connectivity index (χ3v) is 4.16. The quantitative estimate of drug-likeness (QED) is 0.368. The Bertz CT molecular complexity index is 951. The van der Waals surface area contributed by atoms with Gasteiger partial charge in [-0.25, -0.2) is 9.97 Å². The van der Waals surface area contributed by atoms with Crippen LogP contribution in [0.5, 0.6) is 11.5 Å². The molecule has 0 bridgehead atoms. The number of ether oxygens (including phenoxy) is 2. The molecule has 160 valence electrons. The summed E-state index contributed by atoms with van der Waals surface area (Å²) in [5.74, 6) is -0.127. The highest BCUT2D eigenvalue weighted by Crippen LogP contribution is 2.31. The zero-order valence-electron chi connectivity index (χ0n) is 15.4. The number of halogens is 4. The number of amides is 1. The van der Waals surface area contributed by atoms with Crippen LogP contribution < -0.4 is 20.5 Å². The molecule has 12 heteroatoms. The number of nitrogens with zero attached hydrogens (tertiary/aromatic N) is 3. The molecule has 2 aromatic rings. The van der Waals surface area contributed by atoms with Crippen LogP contribution in [-0.2, 0) is 4.79 Å². The van der Waals surface area contributed by atoms with Crippen molar-refractivity contribution in [3.05, 3.63) is 41.2 Å². The van der Waals surface area contributed by atoms with Crippen LogP contribution in [0.2, 0.25) is 5.02 Å². The second-order valence-corrected chi connectivity index (χ2v) is 6.69. The molecule has 0 unspecified atom stereocenters. The van der Waals surface area contributed by atoms with E-state index in [9.17, 15) is 18.0 Å². The predicted molar refractivity (Wildman–Crippen MR) is 103 cm³/mol. The summed E-state index contributed by atoms with van der Waals surface area (Å²) < 4.78 is 45.8. The van der Waals surface area contributed by atoms with Crippen LogP contribution in [0.15, 0.2) is 35.5 Å². The number of nitrogens with one attached hydrogen (secondary N) is 1. The highest BCUT2D eigenvalue weighted by molar-refractivity contribution is 6.32. The van der Waals surface area contributed by atoms with Crippen LogP contribution >= 0.6 is 11.6 Å². The molecule has 1 aliphatic carbocycles. The second kappa shape index (κ2) is 9.16. The Labute approximate surface area is 174 Å². The van der Waals surface area contributed by atoms with Crippen LogP contribution in [0.3, 0.4) is 0 Å². The number of aromatic nitrogens is 2. The van der Waals surface area contributed by atoms with Crippen molar-refractivity contribution in [2.45, 2.75) is 19.2 Å². The van der Waals surface area contributed by atoms with Crippen molar-refractivity contribution < 1.29 is 27.4 Å². The molecule has 3 rings (SSSR count). The van der Waals surface area contributed by atoms with Crippen LogP contribution in [0.1, 0.15) is 18.5 Å². The summed E-state index contributed by atoms with van der Waals surface area (Å²) in [5.41, 5.74) is 6.23. The number of benzene rings is 1. The van der Waals surface area contributed by atoms with Crippen molar-refractivity contribution in [1.82, 2.24) is 9.97 Å². The number of carbonyl (C=O) groups is 1. The average Bonchev–Trinajstić information content (AvgIpc) is 3.51. The van der Waals surface area contributed by atoms with E-state index in [1.165, 1.54) is 12.3 Å². The highest BCUT2D eigenvalue weighted by atomic mass is 35.5. The monoisotopic (exact) mass is 443 g/mol. The molecule has 1 aromatic heterocycles. The molecular formula is C18H17ClF3N5O3. The number of hydrogen-bond acceptors (Lipinski definition) is 6. The lowest BCUT2D eigenvalue weighted by Gasteiger charge is -2.11. The number of alkyl halides is 3. The summed E-state index contributed by atoms with van der Waals surface area (Å²) in [6, 6.07) is 4.89. The van der Waals surface area contributed by atoms with Crippen molar-refractivity contribution in [3.63, 3.8) is 0 Å². The van der Waals surface area contributed by atoms with Gasteiger partial charge in [0, 0.05) is 18.2 Å². The van der Waals surface area contributed by atoms with E-state index in [0.29, 0.717) is 5.69 Å². The van der Waals surface area contributed by atoms with Gasteiger partial charge >= 0.3 is 6.36 Å². The van der Waals surface area contributed by atoms with Gasteiger partial charge in [0.2, 0.25) is 11.9 Å². The fourth-order valence-corrected chi connectivity index (χ4v) is 2.54. The van der Waals surface area contributed by atoms with Gasteiger partial charge in [-0.2, -0.15) is 0 Å². The SMILES string of the molecule is NC(=NCCOc1ccc(OC(F)(F)F)cc1Cl)c1ccnc(NC(=O)C2CC2)n1. The Kier molecular flexibility index (Phi) is 6.60. The Hall–Kier alpha value is -3.08. The summed E-state index contributed by atoms with van der Waals surface area (Å²) in [7, 11) is 0. The average molecular weight is 444 g/mol. The summed E-state index contributed by atoms with van der Waals surface area (Å²) in [5, 5.41) is 2.58. The molecule has 3 N–H and O–H groups in total. The number of rotatable bonds is 8. The summed E-state index contributed by atoms with van der Waals surface area (Å²) in [4.78, 5) is 24.0. The minimum Gasteiger partial charge on any atom is -0.490 e. The Morgan fingerprint density at radius 1 is 1.33 bits per heavy atom. The molecule has 1 saturated carbocycles. The molecule has 1 amide bonds. The Morgan fingerprint density at radius 2 is 2.10 bits per heavy atom. The van der Waals surface area contributed by atoms with E-state index in [4.69, 9.17) is 22.1 Å². The zero-order valence-corrected chi connectivity index (χ0v) is 16.2. The fourth-order valence-electron chi connectivity index (χ4n) is 2.32. The van der Waals surface area contributed by atoms with E-state index in [-0.39, 0.29) is 47.5 Å². The third-order valence-electron chi connectivity index (χ3n) is 3.87. The summed E-state index contributed by atoms with van der Waals surface area (Å²) in [6.07, 6.45) is -1.64. The molecule has 8 nitrogen and oxygen atoms in total. The standard InChI is InChI=1S/C18H17ClF3N5O3/c19-12-9-11(30-18(20,21)22)3-4-14(12)29-8-7-24-15(23)13-5-6-25-17(26-13)27-16(28)10-1-2-10/h3-6,9-10H,1-2,7-8H2,(H2,23,24)(H,25,26,27,28). The van der Waals surface area contributed by atoms with Crippen LogP contribution in [0.25, 0.3) is 0 Å². The predicted octanol–water partition coefficient (Wildman–Crippen LogP) is 3.16. The molecule has 0 radical (unpaired) electrons. The molecule has 30 heavy (non-hydrogen) atoms. The topological polar surface area (TPSA) is 112 Å². The molecule has 0 atom stereocenters. The molecule has 1 fully saturated rings. The van der Waals surface area contributed by atoms with Gasteiger partial charge in [-0.15, -0.1) is 13.2 Å². The fraction of sp³-hybridized carbons (Fsp3) is 0.333. The van der Waals surface area contributed by atoms with Crippen molar-refractivity contribution >= 4 is 29.3 Å². The van der Waals surface area contributed by atoms with Crippen molar-refractivity contribution in [3.8, 4) is 11.5 Å². The van der Waals surface area contributed by atoms with Gasteiger partial charge in [-0.05, 0) is 31.0 Å². The normalized spacial score (nSPS) is 14.3. The van der Waals surface area contributed by atoms with Gasteiger partial charge < -0.3 is 15.2 Å². The van der Waals surface area contributed by atoms with Crippen molar-refractivity contribution in [1.29, 1.82) is 0 Å². The maximum absolute atomic E-state index is 12.2. The van der Waals surface area contributed by atoms with Gasteiger partial charge in [-0.3, -0.25) is 15.1 Å². The van der Waals surface area contributed by atoms with Gasteiger partial charge in [0.05, 0.1) is 11.6 Å². The van der Waals surface area contributed by atoms with E-state index >= 15 is 0 Å². The maximum atomic E-state index is 12.2.